The number of rotatable bonds is 4. The summed E-state index contributed by atoms with van der Waals surface area (Å²) in [5.41, 5.74) is 2.31. The molecule has 23 heavy (non-hydrogen) atoms. The first kappa shape index (κ1) is 16.0. The Morgan fingerprint density at radius 3 is 2.87 bits per heavy atom. The zero-order chi connectivity index (χ0) is 16.2. The molecule has 2 heterocycles. The van der Waals surface area contributed by atoms with Gasteiger partial charge in [0.25, 0.3) is 0 Å². The first-order valence-electron chi connectivity index (χ1n) is 8.00. The highest BCUT2D eigenvalue weighted by atomic mass is 32.1. The zero-order valence-electron chi connectivity index (χ0n) is 13.7. The molecule has 0 fully saturated rings. The van der Waals surface area contributed by atoms with Gasteiger partial charge in [-0.05, 0) is 50.0 Å². The number of thiophene rings is 1. The van der Waals surface area contributed by atoms with Crippen LogP contribution in [0.5, 0.6) is 0 Å². The van der Waals surface area contributed by atoms with Crippen LogP contribution in [0.2, 0.25) is 0 Å². The topological polar surface area (TPSA) is 35.6 Å². The lowest BCUT2D eigenvalue weighted by Gasteiger charge is -2.31. The average molecular weight is 329 g/mol. The minimum Gasteiger partial charge on any atom is -0.336 e. The van der Waals surface area contributed by atoms with Crippen molar-refractivity contribution in [2.24, 2.45) is 0 Å². The van der Waals surface area contributed by atoms with E-state index in [1.54, 1.807) is 11.3 Å². The van der Waals surface area contributed by atoms with Crippen LogP contribution in [0.15, 0.2) is 41.8 Å². The first-order valence-corrected chi connectivity index (χ1v) is 8.88. The number of urea groups is 1. The molecule has 1 aromatic carbocycles. The van der Waals surface area contributed by atoms with Crippen molar-refractivity contribution < 1.29 is 4.79 Å². The van der Waals surface area contributed by atoms with Gasteiger partial charge in [0.15, 0.2) is 0 Å². The third-order valence-electron chi connectivity index (χ3n) is 4.30. The Morgan fingerprint density at radius 2 is 2.13 bits per heavy atom. The molecule has 3 rings (SSSR count). The van der Waals surface area contributed by atoms with Crippen molar-refractivity contribution in [3.8, 4) is 0 Å². The summed E-state index contributed by atoms with van der Waals surface area (Å²) >= 11 is 1.73. The van der Waals surface area contributed by atoms with E-state index in [0.29, 0.717) is 6.54 Å². The summed E-state index contributed by atoms with van der Waals surface area (Å²) in [6.07, 6.45) is 2.07. The number of nitrogens with zero attached hydrogens (tertiary/aromatic N) is 2. The van der Waals surface area contributed by atoms with E-state index in [2.05, 4.69) is 33.8 Å². The van der Waals surface area contributed by atoms with Crippen LogP contribution in [0.4, 0.5) is 10.5 Å². The molecule has 5 heteroatoms. The molecule has 0 saturated carbocycles. The lowest BCUT2D eigenvalue weighted by Crippen LogP contribution is -2.45. The monoisotopic (exact) mass is 329 g/mol. The number of anilines is 1. The van der Waals surface area contributed by atoms with E-state index < -0.39 is 0 Å². The van der Waals surface area contributed by atoms with Crippen LogP contribution in [0, 0.1) is 0 Å². The number of amides is 2. The fraction of sp³-hybridized carbons (Fsp3) is 0.389. The van der Waals surface area contributed by atoms with Crippen LogP contribution >= 0.6 is 11.3 Å². The number of likely N-dealkylation sites (N-methyl/N-ethyl adjacent to an activating group) is 1. The summed E-state index contributed by atoms with van der Waals surface area (Å²) in [5.74, 6) is 0. The normalized spacial score (nSPS) is 15.3. The van der Waals surface area contributed by atoms with E-state index >= 15 is 0 Å². The molecule has 2 amide bonds. The molecule has 2 aromatic rings. The molecule has 4 nitrogen and oxygen atoms in total. The Kier molecular flexibility index (Phi) is 4.98. The number of hydrogen-bond acceptors (Lipinski definition) is 3. The number of benzene rings is 1. The van der Waals surface area contributed by atoms with E-state index in [-0.39, 0.29) is 12.1 Å². The molecule has 1 N–H and O–H groups in total. The van der Waals surface area contributed by atoms with Crippen molar-refractivity contribution in [3.63, 3.8) is 0 Å². The van der Waals surface area contributed by atoms with E-state index in [1.807, 2.05) is 37.2 Å². The molecule has 0 unspecified atom stereocenters. The zero-order valence-corrected chi connectivity index (χ0v) is 14.5. The molecule has 0 bridgehead atoms. The van der Waals surface area contributed by atoms with Gasteiger partial charge in [-0.3, -0.25) is 4.90 Å². The highest BCUT2D eigenvalue weighted by Crippen LogP contribution is 2.27. The molecular formula is C18H23N3OS. The largest absolute Gasteiger partial charge is 0.336 e. The van der Waals surface area contributed by atoms with E-state index in [0.717, 1.165) is 25.1 Å². The van der Waals surface area contributed by atoms with Gasteiger partial charge >= 0.3 is 6.03 Å². The molecule has 1 aliphatic heterocycles. The predicted molar refractivity (Wildman–Crippen MR) is 96.3 cm³/mol. The van der Waals surface area contributed by atoms with Crippen LogP contribution in [0.1, 0.15) is 22.9 Å². The van der Waals surface area contributed by atoms with Crippen LogP contribution in [-0.4, -0.2) is 38.1 Å². The second kappa shape index (κ2) is 7.15. The van der Waals surface area contributed by atoms with E-state index in [4.69, 9.17) is 0 Å². The molecule has 0 spiro atoms. The highest BCUT2D eigenvalue weighted by molar-refractivity contribution is 7.10. The molecular weight excluding hydrogens is 306 g/mol. The molecule has 122 valence electrons. The Bertz CT molecular complexity index is 654. The standard InChI is InChI=1S/C18H23N3OS/c1-20(2)16(17-10-6-12-23-17)13-19-18(22)21-11-5-8-14-7-3-4-9-15(14)21/h3-4,6-7,9-10,12,16H,5,8,11,13H2,1-2H3,(H,19,22)/t16-/m1/s1. The number of para-hydroxylation sites is 1. The molecule has 1 aromatic heterocycles. The third-order valence-corrected chi connectivity index (χ3v) is 5.27. The van der Waals surface area contributed by atoms with Gasteiger partial charge in [-0.2, -0.15) is 0 Å². The van der Waals surface area contributed by atoms with Gasteiger partial charge in [0.1, 0.15) is 0 Å². The van der Waals surface area contributed by atoms with Gasteiger partial charge < -0.3 is 10.2 Å². The van der Waals surface area contributed by atoms with Gasteiger partial charge in [-0.25, -0.2) is 4.79 Å². The molecule has 0 radical (unpaired) electrons. The predicted octanol–water partition coefficient (Wildman–Crippen LogP) is 3.51. The Labute approximate surface area is 141 Å². The quantitative estimate of drug-likeness (QED) is 0.932. The Hall–Kier alpha value is -1.85. The second-order valence-electron chi connectivity index (χ2n) is 6.06. The number of nitrogens with one attached hydrogen (secondary N) is 1. The second-order valence-corrected chi connectivity index (χ2v) is 7.04. The maximum atomic E-state index is 12.7. The van der Waals surface area contributed by atoms with Crippen LogP contribution in [0.3, 0.4) is 0 Å². The van der Waals surface area contributed by atoms with Gasteiger partial charge in [0, 0.05) is 23.7 Å². The highest BCUT2D eigenvalue weighted by Gasteiger charge is 2.23. The van der Waals surface area contributed by atoms with Crippen molar-refractivity contribution in [2.45, 2.75) is 18.9 Å². The van der Waals surface area contributed by atoms with Gasteiger partial charge in [-0.15, -0.1) is 11.3 Å². The lowest BCUT2D eigenvalue weighted by molar-refractivity contribution is 0.238. The minimum absolute atomic E-state index is 0.000515. The fourth-order valence-electron chi connectivity index (χ4n) is 3.04. The first-order chi connectivity index (χ1) is 11.2. The molecule has 1 atom stereocenters. The Balaban J connectivity index is 1.68. The number of carbonyl (C=O) groups is 1. The summed E-state index contributed by atoms with van der Waals surface area (Å²) < 4.78 is 0. The molecule has 0 saturated heterocycles. The SMILES string of the molecule is CN(C)[C@H](CNC(=O)N1CCCc2ccccc21)c1cccs1. The molecule has 0 aliphatic carbocycles. The van der Waals surface area contributed by atoms with Crippen LogP contribution < -0.4 is 10.2 Å². The summed E-state index contributed by atoms with van der Waals surface area (Å²) in [7, 11) is 4.10. The summed E-state index contributed by atoms with van der Waals surface area (Å²) in [5, 5.41) is 5.19. The third kappa shape index (κ3) is 3.57. The number of hydrogen-bond donors (Lipinski definition) is 1. The lowest BCUT2D eigenvalue weighted by atomic mass is 10.0. The van der Waals surface area contributed by atoms with Crippen molar-refractivity contribution in [3.05, 3.63) is 52.2 Å². The van der Waals surface area contributed by atoms with Crippen molar-refractivity contribution in [1.82, 2.24) is 10.2 Å². The fourth-order valence-corrected chi connectivity index (χ4v) is 3.97. The van der Waals surface area contributed by atoms with Gasteiger partial charge in [0.05, 0.1) is 6.04 Å². The summed E-state index contributed by atoms with van der Waals surface area (Å²) in [6, 6.07) is 12.6. The maximum absolute atomic E-state index is 12.7. The van der Waals surface area contributed by atoms with Crippen LogP contribution in [-0.2, 0) is 6.42 Å². The van der Waals surface area contributed by atoms with Gasteiger partial charge in [0.2, 0.25) is 0 Å². The smallest absolute Gasteiger partial charge is 0.321 e. The number of aryl methyl sites for hydroxylation is 1. The average Bonchev–Trinajstić information content (AvgIpc) is 3.08. The number of fused-ring (bicyclic) bond motifs is 1. The molecule has 1 aliphatic rings. The van der Waals surface area contributed by atoms with Crippen LogP contribution in [0.25, 0.3) is 0 Å². The van der Waals surface area contributed by atoms with Crippen molar-refractivity contribution in [1.29, 1.82) is 0 Å². The van der Waals surface area contributed by atoms with Gasteiger partial charge in [-0.1, -0.05) is 24.3 Å². The van der Waals surface area contributed by atoms with Crippen molar-refractivity contribution in [2.75, 3.05) is 32.1 Å². The number of carbonyl (C=O) groups excluding carboxylic acids is 1. The van der Waals surface area contributed by atoms with E-state index in [1.165, 1.54) is 10.4 Å². The maximum Gasteiger partial charge on any atom is 0.321 e. The summed E-state index contributed by atoms with van der Waals surface area (Å²) in [6.45, 7) is 1.40. The Morgan fingerprint density at radius 1 is 1.30 bits per heavy atom. The van der Waals surface area contributed by atoms with E-state index in [9.17, 15) is 4.79 Å². The summed E-state index contributed by atoms with van der Waals surface area (Å²) in [4.78, 5) is 18.0. The van der Waals surface area contributed by atoms with Crippen molar-refractivity contribution >= 4 is 23.1 Å². The minimum atomic E-state index is 0.000515.